The quantitative estimate of drug-likeness (QED) is 0.134. The third-order valence-electron chi connectivity index (χ3n) is 5.54. The molecule has 0 heterocycles. The number of benzene rings is 1. The first-order valence-electron chi connectivity index (χ1n) is 10.7. The predicted molar refractivity (Wildman–Crippen MR) is 116 cm³/mol. The molecule has 1 aliphatic carbocycles. The number of carbonyl (C=O) groups excluding carboxylic acids is 1. The molecule has 32 heavy (non-hydrogen) atoms. The van der Waals surface area contributed by atoms with Crippen molar-refractivity contribution in [1.29, 1.82) is 0 Å². The van der Waals surface area contributed by atoms with Crippen molar-refractivity contribution in [2.45, 2.75) is 65.2 Å². The smallest absolute Gasteiger partial charge is 0.515 e. The summed E-state index contributed by atoms with van der Waals surface area (Å²) < 4.78 is 24.4. The van der Waals surface area contributed by atoms with E-state index in [1.165, 1.54) is 0 Å². The molecule has 0 saturated heterocycles. The van der Waals surface area contributed by atoms with Crippen LogP contribution in [0.5, 0.6) is 11.5 Å². The number of phenols is 1. The number of aryl methyl sites for hydroxylation is 1. The average Bonchev–Trinajstić information content (AvgIpc) is 2.66. The van der Waals surface area contributed by atoms with Crippen molar-refractivity contribution in [2.24, 2.45) is 5.92 Å². The highest BCUT2D eigenvalue weighted by Gasteiger charge is 2.31. The summed E-state index contributed by atoms with van der Waals surface area (Å²) in [6.07, 6.45) is 6.21. The molecule has 0 aromatic heterocycles. The van der Waals surface area contributed by atoms with E-state index in [-0.39, 0.29) is 23.3 Å². The van der Waals surface area contributed by atoms with Gasteiger partial charge in [0.2, 0.25) is 0 Å². The lowest BCUT2D eigenvalue weighted by molar-refractivity contribution is -0.345. The Morgan fingerprint density at radius 3 is 2.66 bits per heavy atom. The monoisotopic (exact) mass is 466 g/mol. The number of hydrogen-bond donors (Lipinski definition) is 1. The molecule has 0 bridgehead atoms. The Balaban J connectivity index is 2.38. The lowest BCUT2D eigenvalue weighted by atomic mass is 9.73. The van der Waals surface area contributed by atoms with Crippen molar-refractivity contribution >= 4 is 14.0 Å². The number of ether oxygens (including phenoxy) is 2. The van der Waals surface area contributed by atoms with Crippen molar-refractivity contribution in [3.63, 3.8) is 0 Å². The Morgan fingerprint density at radius 2 is 2.03 bits per heavy atom. The van der Waals surface area contributed by atoms with E-state index in [4.69, 9.17) is 4.74 Å². The highest BCUT2D eigenvalue weighted by Crippen LogP contribution is 2.47. The molecule has 2 atom stereocenters. The molecule has 0 amide bonds. The van der Waals surface area contributed by atoms with Crippen LogP contribution < -0.4 is 14.5 Å². The van der Waals surface area contributed by atoms with Gasteiger partial charge in [0.15, 0.2) is 6.79 Å². The van der Waals surface area contributed by atoms with Gasteiger partial charge in [0.25, 0.3) is 0 Å². The zero-order valence-electron chi connectivity index (χ0n) is 18.8. The van der Waals surface area contributed by atoms with E-state index in [0.717, 1.165) is 48.8 Å². The number of phosphoric ester groups is 1. The van der Waals surface area contributed by atoms with Crippen LogP contribution in [0.2, 0.25) is 0 Å². The molecule has 178 valence electrons. The van der Waals surface area contributed by atoms with E-state index in [1.807, 2.05) is 19.9 Å². The molecule has 1 aliphatic rings. The molecule has 1 aromatic rings. The van der Waals surface area contributed by atoms with Gasteiger partial charge < -0.3 is 33.5 Å². The zero-order chi connectivity index (χ0) is 23.9. The van der Waals surface area contributed by atoms with E-state index in [2.05, 4.69) is 22.8 Å². The summed E-state index contributed by atoms with van der Waals surface area (Å²) in [5.74, 6) is -0.0856. The van der Waals surface area contributed by atoms with Crippen LogP contribution in [-0.4, -0.2) is 18.1 Å². The second-order valence-corrected chi connectivity index (χ2v) is 9.36. The minimum Gasteiger partial charge on any atom is -0.790 e. The van der Waals surface area contributed by atoms with E-state index < -0.39 is 20.8 Å². The number of aromatic hydroxyl groups is 1. The highest BCUT2D eigenvalue weighted by molar-refractivity contribution is 7.43. The van der Waals surface area contributed by atoms with E-state index >= 15 is 0 Å². The summed E-state index contributed by atoms with van der Waals surface area (Å²) >= 11 is 0. The molecule has 2 rings (SSSR count). The van der Waals surface area contributed by atoms with Crippen LogP contribution >= 0.6 is 7.82 Å². The Labute approximate surface area is 189 Å². The van der Waals surface area contributed by atoms with Gasteiger partial charge in [0, 0.05) is 11.5 Å². The van der Waals surface area contributed by atoms with Crippen LogP contribution in [0, 0.1) is 5.92 Å². The van der Waals surface area contributed by atoms with Crippen molar-refractivity contribution in [2.75, 3.05) is 6.79 Å². The molecule has 0 fully saturated rings. The Hall–Kier alpha value is -2.12. The van der Waals surface area contributed by atoms with Crippen molar-refractivity contribution in [3.05, 3.63) is 47.1 Å². The van der Waals surface area contributed by atoms with Gasteiger partial charge in [-0.25, -0.2) is 4.79 Å². The highest BCUT2D eigenvalue weighted by atomic mass is 31.2. The summed E-state index contributed by atoms with van der Waals surface area (Å²) in [7, 11) is -5.28. The maximum absolute atomic E-state index is 12.2. The third-order valence-corrected chi connectivity index (χ3v) is 5.97. The SMILES string of the molecule is C=C(C)[C@@H]1CCC(C)=C[C@H]1c1c(O)cc(CCCCC)cc1OC(=O)OCOP(=O)([O-])[O-]. The lowest BCUT2D eigenvalue weighted by Crippen LogP contribution is -2.21. The first kappa shape index (κ1) is 26.1. The molecular formula is C23H31O8P-2. The topological polar surface area (TPSA) is 128 Å². The van der Waals surface area contributed by atoms with Crippen LogP contribution in [0.3, 0.4) is 0 Å². The molecule has 1 aromatic carbocycles. The number of phenolic OH excluding ortho intramolecular Hbond substituents is 1. The summed E-state index contributed by atoms with van der Waals surface area (Å²) in [6, 6.07) is 3.37. The Morgan fingerprint density at radius 1 is 1.31 bits per heavy atom. The second kappa shape index (κ2) is 11.7. The molecule has 0 aliphatic heterocycles. The summed E-state index contributed by atoms with van der Waals surface area (Å²) in [4.78, 5) is 33.3. The van der Waals surface area contributed by atoms with Crippen LogP contribution in [0.15, 0.2) is 35.9 Å². The molecule has 1 N–H and O–H groups in total. The molecule has 0 spiro atoms. The zero-order valence-corrected chi connectivity index (χ0v) is 19.7. The largest absolute Gasteiger partial charge is 0.790 e. The normalized spacial score (nSPS) is 18.7. The van der Waals surface area contributed by atoms with Gasteiger partial charge in [-0.1, -0.05) is 43.6 Å². The third kappa shape index (κ3) is 7.78. The number of allylic oxidation sites excluding steroid dienone is 3. The molecule has 0 radical (unpaired) electrons. The Kier molecular flexibility index (Phi) is 9.52. The van der Waals surface area contributed by atoms with Crippen LogP contribution in [0.1, 0.15) is 69.9 Å². The van der Waals surface area contributed by atoms with Gasteiger partial charge in [-0.15, -0.1) is 0 Å². The van der Waals surface area contributed by atoms with Gasteiger partial charge in [-0.2, -0.15) is 0 Å². The minimum atomic E-state index is -5.28. The molecule has 0 unspecified atom stereocenters. The van der Waals surface area contributed by atoms with Gasteiger partial charge in [0.1, 0.15) is 11.5 Å². The van der Waals surface area contributed by atoms with Crippen molar-refractivity contribution in [1.82, 2.24) is 0 Å². The number of rotatable bonds is 10. The molecule has 8 nitrogen and oxygen atoms in total. The van der Waals surface area contributed by atoms with Crippen LogP contribution in [-0.2, 0) is 20.2 Å². The fraction of sp³-hybridized carbons (Fsp3) is 0.522. The van der Waals surface area contributed by atoms with E-state index in [1.54, 1.807) is 12.1 Å². The first-order valence-corrected chi connectivity index (χ1v) is 12.2. The fourth-order valence-corrected chi connectivity index (χ4v) is 4.16. The van der Waals surface area contributed by atoms with Crippen molar-refractivity contribution in [3.8, 4) is 11.5 Å². The number of unbranched alkanes of at least 4 members (excludes halogenated alkanes) is 2. The molecule has 9 heteroatoms. The standard InChI is InChI=1S/C23H33O8P/c1-5-6-7-8-17-12-20(24)22(19-11-16(4)9-10-18(19)15(2)3)21(13-17)31-23(25)29-14-30-32(26,27)28/h11-13,18-19,24H,2,5-10,14H2,1,3-4H3,(H2,26,27,28)/p-2/t18-,19+/m0/s1. The number of phosphoric acid groups is 1. The number of hydrogen-bond acceptors (Lipinski definition) is 8. The average molecular weight is 466 g/mol. The fourth-order valence-electron chi connectivity index (χ4n) is 3.97. The summed E-state index contributed by atoms with van der Waals surface area (Å²) in [5, 5.41) is 10.9. The van der Waals surface area contributed by atoms with Gasteiger partial charge in [-0.05, 0) is 63.1 Å². The molecule has 0 saturated carbocycles. The van der Waals surface area contributed by atoms with Gasteiger partial charge in [-0.3, -0.25) is 0 Å². The summed E-state index contributed by atoms with van der Waals surface area (Å²) in [5.41, 5.74) is 3.34. The Bertz CT molecular complexity index is 902. The lowest BCUT2D eigenvalue weighted by Gasteiger charge is -2.32. The van der Waals surface area contributed by atoms with Gasteiger partial charge in [0.05, 0.1) is 7.82 Å². The summed E-state index contributed by atoms with van der Waals surface area (Å²) in [6.45, 7) is 9.03. The predicted octanol–water partition coefficient (Wildman–Crippen LogP) is 4.46. The van der Waals surface area contributed by atoms with Crippen LogP contribution in [0.4, 0.5) is 4.79 Å². The van der Waals surface area contributed by atoms with E-state index in [9.17, 15) is 24.3 Å². The second-order valence-electron chi connectivity index (χ2n) is 8.20. The minimum absolute atomic E-state index is 0.00358. The van der Waals surface area contributed by atoms with Crippen LogP contribution in [0.25, 0.3) is 0 Å². The molecular weight excluding hydrogens is 435 g/mol. The maximum atomic E-state index is 12.2. The first-order chi connectivity index (χ1) is 15.0. The van der Waals surface area contributed by atoms with Gasteiger partial charge >= 0.3 is 6.16 Å². The maximum Gasteiger partial charge on any atom is 0.515 e. The van der Waals surface area contributed by atoms with Crippen molar-refractivity contribution < 1.29 is 38.3 Å². The number of carbonyl (C=O) groups is 1. The van der Waals surface area contributed by atoms with E-state index in [0.29, 0.717) is 12.0 Å².